The number of hydrogen-bond acceptors (Lipinski definition) is 4. The van der Waals surface area contributed by atoms with Crippen molar-refractivity contribution in [2.24, 2.45) is 0 Å². The summed E-state index contributed by atoms with van der Waals surface area (Å²) < 4.78 is 5.40. The van der Waals surface area contributed by atoms with Crippen molar-refractivity contribution in [3.8, 4) is 5.75 Å². The first kappa shape index (κ1) is 21.2. The topological polar surface area (TPSA) is 67.4 Å². The van der Waals surface area contributed by atoms with Crippen LogP contribution in [0.1, 0.15) is 49.4 Å². The lowest BCUT2D eigenvalue weighted by Crippen LogP contribution is -2.18. The summed E-state index contributed by atoms with van der Waals surface area (Å²) in [5, 5.41) is 6.38. The molecule has 0 heterocycles. The molecule has 3 rings (SSSR count). The fourth-order valence-corrected chi connectivity index (χ4v) is 4.46. The molecule has 2 N–H and O–H groups in total. The highest BCUT2D eigenvalue weighted by atomic mass is 32.2. The van der Waals surface area contributed by atoms with Crippen molar-refractivity contribution >= 4 is 35.0 Å². The quantitative estimate of drug-likeness (QED) is 0.614. The lowest BCUT2D eigenvalue weighted by molar-refractivity contribution is -0.113. The van der Waals surface area contributed by atoms with Crippen LogP contribution >= 0.6 is 11.8 Å². The zero-order chi connectivity index (χ0) is 20.5. The number of thioether (sulfide) groups is 1. The minimum Gasteiger partial charge on any atom is -0.494 e. The average Bonchev–Trinajstić information content (AvgIpc) is 2.75. The second-order valence-electron chi connectivity index (χ2n) is 7.11. The van der Waals surface area contributed by atoms with Crippen LogP contribution in [-0.4, -0.2) is 29.4 Å². The highest BCUT2D eigenvalue weighted by Crippen LogP contribution is 2.28. The first-order valence-electron chi connectivity index (χ1n) is 10.2. The van der Waals surface area contributed by atoms with Crippen LogP contribution in [0.5, 0.6) is 5.75 Å². The smallest absolute Gasteiger partial charge is 0.255 e. The average molecular weight is 413 g/mol. The standard InChI is InChI=1S/C23H28N2O3S/c1-2-28-20-14-12-19(13-15-20)25-23(27)17-8-10-18(11-9-17)24-22(26)16-29-21-6-4-3-5-7-21/h8-15,21H,2-7,16H2,1H3,(H,24,26)(H,25,27). The Morgan fingerprint density at radius 1 is 0.931 bits per heavy atom. The Kier molecular flexibility index (Phi) is 7.99. The molecule has 0 atom stereocenters. The van der Waals surface area contributed by atoms with Gasteiger partial charge in [0.05, 0.1) is 12.4 Å². The number of rotatable bonds is 8. The van der Waals surface area contributed by atoms with Gasteiger partial charge < -0.3 is 15.4 Å². The van der Waals surface area contributed by atoms with E-state index in [1.54, 1.807) is 36.0 Å². The SMILES string of the molecule is CCOc1ccc(NC(=O)c2ccc(NC(=O)CSC3CCCCC3)cc2)cc1. The van der Waals surface area contributed by atoms with Crippen molar-refractivity contribution < 1.29 is 14.3 Å². The van der Waals surface area contributed by atoms with Crippen LogP contribution in [0.3, 0.4) is 0 Å². The van der Waals surface area contributed by atoms with Crippen molar-refractivity contribution in [1.82, 2.24) is 0 Å². The van der Waals surface area contributed by atoms with E-state index in [-0.39, 0.29) is 11.8 Å². The Bertz CT molecular complexity index is 800. The van der Waals surface area contributed by atoms with E-state index in [0.29, 0.717) is 34.5 Å². The zero-order valence-electron chi connectivity index (χ0n) is 16.8. The van der Waals surface area contributed by atoms with E-state index in [0.717, 1.165) is 5.75 Å². The molecule has 0 aliphatic heterocycles. The van der Waals surface area contributed by atoms with Gasteiger partial charge in [0.25, 0.3) is 5.91 Å². The molecule has 1 aliphatic rings. The molecule has 2 aromatic carbocycles. The van der Waals surface area contributed by atoms with Crippen molar-refractivity contribution in [3.05, 3.63) is 54.1 Å². The van der Waals surface area contributed by atoms with E-state index in [1.165, 1.54) is 32.1 Å². The van der Waals surface area contributed by atoms with Gasteiger partial charge in [0.15, 0.2) is 0 Å². The molecule has 2 amide bonds. The molecule has 1 fully saturated rings. The minimum absolute atomic E-state index is 0.00663. The van der Waals surface area contributed by atoms with Gasteiger partial charge in [-0.2, -0.15) is 0 Å². The highest BCUT2D eigenvalue weighted by Gasteiger charge is 2.15. The lowest BCUT2D eigenvalue weighted by atomic mass is 10.0. The molecular formula is C23H28N2O3S. The van der Waals surface area contributed by atoms with E-state index in [9.17, 15) is 9.59 Å². The highest BCUT2D eigenvalue weighted by molar-refractivity contribution is 8.00. The van der Waals surface area contributed by atoms with E-state index < -0.39 is 0 Å². The summed E-state index contributed by atoms with van der Waals surface area (Å²) in [6, 6.07) is 14.2. The summed E-state index contributed by atoms with van der Waals surface area (Å²) >= 11 is 1.75. The summed E-state index contributed by atoms with van der Waals surface area (Å²) in [6.07, 6.45) is 6.31. The number of ether oxygens (including phenoxy) is 1. The predicted octanol–water partition coefficient (Wildman–Crippen LogP) is 5.34. The molecule has 0 unspecified atom stereocenters. The van der Waals surface area contributed by atoms with Crippen molar-refractivity contribution in [2.75, 3.05) is 23.0 Å². The second-order valence-corrected chi connectivity index (χ2v) is 8.40. The van der Waals surface area contributed by atoms with Gasteiger partial charge in [-0.25, -0.2) is 0 Å². The van der Waals surface area contributed by atoms with E-state index in [4.69, 9.17) is 4.74 Å². The van der Waals surface area contributed by atoms with Crippen LogP contribution in [0.25, 0.3) is 0 Å². The van der Waals surface area contributed by atoms with Gasteiger partial charge in [-0.3, -0.25) is 9.59 Å². The number of anilines is 2. The van der Waals surface area contributed by atoms with Gasteiger partial charge in [-0.1, -0.05) is 19.3 Å². The largest absolute Gasteiger partial charge is 0.494 e. The first-order valence-corrected chi connectivity index (χ1v) is 11.2. The van der Waals surface area contributed by atoms with Crippen LogP contribution in [0.4, 0.5) is 11.4 Å². The van der Waals surface area contributed by atoms with Crippen LogP contribution in [0.15, 0.2) is 48.5 Å². The van der Waals surface area contributed by atoms with Crippen LogP contribution in [0.2, 0.25) is 0 Å². The van der Waals surface area contributed by atoms with Crippen LogP contribution in [-0.2, 0) is 4.79 Å². The maximum absolute atomic E-state index is 12.4. The second kappa shape index (κ2) is 10.9. The molecule has 0 bridgehead atoms. The Labute approximate surface area is 176 Å². The maximum atomic E-state index is 12.4. The third-order valence-electron chi connectivity index (χ3n) is 4.86. The third kappa shape index (κ3) is 6.82. The first-order chi connectivity index (χ1) is 14.1. The Morgan fingerprint density at radius 3 is 2.21 bits per heavy atom. The molecule has 6 heteroatoms. The summed E-state index contributed by atoms with van der Waals surface area (Å²) in [5.74, 6) is 1.06. The molecule has 0 saturated heterocycles. The third-order valence-corrected chi connectivity index (χ3v) is 6.23. The Hall–Kier alpha value is -2.47. The number of carbonyl (C=O) groups is 2. The molecule has 0 spiro atoms. The molecule has 1 aliphatic carbocycles. The monoisotopic (exact) mass is 412 g/mol. The maximum Gasteiger partial charge on any atom is 0.255 e. The van der Waals surface area contributed by atoms with Crippen molar-refractivity contribution in [3.63, 3.8) is 0 Å². The summed E-state index contributed by atoms with van der Waals surface area (Å²) in [5.41, 5.74) is 1.95. The molecule has 29 heavy (non-hydrogen) atoms. The molecule has 5 nitrogen and oxygen atoms in total. The molecule has 154 valence electrons. The summed E-state index contributed by atoms with van der Waals surface area (Å²) in [6.45, 7) is 2.53. The number of carbonyl (C=O) groups excluding carboxylic acids is 2. The Morgan fingerprint density at radius 2 is 1.55 bits per heavy atom. The number of nitrogens with one attached hydrogen (secondary N) is 2. The molecule has 0 radical (unpaired) electrons. The summed E-state index contributed by atoms with van der Waals surface area (Å²) in [7, 11) is 0. The van der Waals surface area contributed by atoms with E-state index in [1.807, 2.05) is 31.2 Å². The van der Waals surface area contributed by atoms with Crippen LogP contribution in [0, 0.1) is 0 Å². The normalized spacial score (nSPS) is 14.2. The van der Waals surface area contributed by atoms with E-state index in [2.05, 4.69) is 10.6 Å². The molecule has 2 aromatic rings. The zero-order valence-corrected chi connectivity index (χ0v) is 17.6. The van der Waals surface area contributed by atoms with Crippen molar-refractivity contribution in [2.45, 2.75) is 44.3 Å². The lowest BCUT2D eigenvalue weighted by Gasteiger charge is -2.20. The van der Waals surface area contributed by atoms with Crippen molar-refractivity contribution in [1.29, 1.82) is 0 Å². The van der Waals surface area contributed by atoms with Gasteiger partial charge >= 0.3 is 0 Å². The van der Waals surface area contributed by atoms with E-state index >= 15 is 0 Å². The molecule has 1 saturated carbocycles. The van der Waals surface area contributed by atoms with Gasteiger partial charge in [-0.15, -0.1) is 11.8 Å². The van der Waals surface area contributed by atoms with Gasteiger partial charge in [0, 0.05) is 22.2 Å². The van der Waals surface area contributed by atoms with Gasteiger partial charge in [-0.05, 0) is 68.3 Å². The predicted molar refractivity (Wildman–Crippen MR) is 120 cm³/mol. The minimum atomic E-state index is -0.195. The fourth-order valence-electron chi connectivity index (χ4n) is 3.33. The Balaban J connectivity index is 1.47. The summed E-state index contributed by atoms with van der Waals surface area (Å²) in [4.78, 5) is 24.6. The number of benzene rings is 2. The van der Waals surface area contributed by atoms with Crippen LogP contribution < -0.4 is 15.4 Å². The number of amides is 2. The van der Waals surface area contributed by atoms with Gasteiger partial charge in [0.2, 0.25) is 5.91 Å². The fraction of sp³-hybridized carbons (Fsp3) is 0.391. The molecular weight excluding hydrogens is 384 g/mol. The molecule has 0 aromatic heterocycles. The van der Waals surface area contributed by atoms with Gasteiger partial charge in [0.1, 0.15) is 5.75 Å². The number of hydrogen-bond donors (Lipinski definition) is 2.